The first-order valence-corrected chi connectivity index (χ1v) is 6.84. The molecule has 7 heteroatoms. The maximum absolute atomic E-state index is 8.78. The third kappa shape index (κ3) is 3.44. The van der Waals surface area contributed by atoms with Gasteiger partial charge in [0.25, 0.3) is 0 Å². The van der Waals surface area contributed by atoms with Gasteiger partial charge < -0.3 is 0 Å². The van der Waals surface area contributed by atoms with E-state index in [0.29, 0.717) is 26.3 Å². The van der Waals surface area contributed by atoms with Crippen LogP contribution in [0.3, 0.4) is 0 Å². The van der Waals surface area contributed by atoms with Crippen LogP contribution in [0.5, 0.6) is 0 Å². The minimum atomic E-state index is 0.380. The van der Waals surface area contributed by atoms with Crippen LogP contribution in [0.25, 0.3) is 0 Å². The quantitative estimate of drug-likeness (QED) is 0.686. The van der Waals surface area contributed by atoms with Crippen molar-refractivity contribution in [3.05, 3.63) is 44.4 Å². The Hall–Kier alpha value is -1.61. The molecule has 1 heterocycles. The summed E-state index contributed by atoms with van der Waals surface area (Å²) in [7, 11) is 0. The molecule has 96 valence electrons. The van der Waals surface area contributed by atoms with E-state index >= 15 is 0 Å². The van der Waals surface area contributed by atoms with Crippen molar-refractivity contribution in [2.45, 2.75) is 6.92 Å². The van der Waals surface area contributed by atoms with Crippen molar-refractivity contribution in [2.24, 2.45) is 5.10 Å². The number of nitrogens with one attached hydrogen (secondary N) is 1. The van der Waals surface area contributed by atoms with Gasteiger partial charge in [0.15, 0.2) is 0 Å². The fourth-order valence-electron chi connectivity index (χ4n) is 1.33. The lowest BCUT2D eigenvalue weighted by atomic mass is 10.1. The minimum absolute atomic E-state index is 0.380. The highest BCUT2D eigenvalue weighted by Gasteiger charge is 2.06. The molecular formula is C12H8Cl2N4S. The summed E-state index contributed by atoms with van der Waals surface area (Å²) in [5.74, 6) is 0. The number of hydrogen-bond donors (Lipinski definition) is 1. The molecule has 0 aliphatic carbocycles. The number of thiazole rings is 1. The van der Waals surface area contributed by atoms with E-state index in [1.165, 1.54) is 17.6 Å². The Bertz CT molecular complexity index is 650. The van der Waals surface area contributed by atoms with Gasteiger partial charge in [-0.2, -0.15) is 10.4 Å². The van der Waals surface area contributed by atoms with Crippen LogP contribution in [0.4, 0.5) is 5.13 Å². The fourth-order valence-corrected chi connectivity index (χ4v) is 2.55. The van der Waals surface area contributed by atoms with Crippen molar-refractivity contribution in [1.29, 1.82) is 5.26 Å². The highest BCUT2D eigenvalue weighted by molar-refractivity contribution is 7.13. The van der Waals surface area contributed by atoms with Crippen molar-refractivity contribution in [2.75, 3.05) is 5.43 Å². The molecule has 2 rings (SSSR count). The number of aromatic nitrogens is 1. The summed E-state index contributed by atoms with van der Waals surface area (Å²) in [6, 6.07) is 5.07. The zero-order valence-electron chi connectivity index (χ0n) is 9.82. The van der Waals surface area contributed by atoms with Gasteiger partial charge in [-0.25, -0.2) is 4.98 Å². The topological polar surface area (TPSA) is 61.1 Å². The van der Waals surface area contributed by atoms with Gasteiger partial charge in [0.2, 0.25) is 5.13 Å². The van der Waals surface area contributed by atoms with E-state index in [0.717, 1.165) is 5.69 Å². The number of hydrazone groups is 1. The maximum Gasteiger partial charge on any atom is 0.203 e. The number of rotatable bonds is 3. The monoisotopic (exact) mass is 310 g/mol. The summed E-state index contributed by atoms with van der Waals surface area (Å²) in [5.41, 5.74) is 4.69. The van der Waals surface area contributed by atoms with Crippen LogP contribution >= 0.6 is 34.5 Å². The Morgan fingerprint density at radius 2 is 2.11 bits per heavy atom. The number of halogens is 2. The lowest BCUT2D eigenvalue weighted by Gasteiger charge is -2.02. The molecule has 0 aliphatic heterocycles. The highest BCUT2D eigenvalue weighted by atomic mass is 35.5. The number of nitrogens with zero attached hydrogens (tertiary/aromatic N) is 3. The van der Waals surface area contributed by atoms with Crippen LogP contribution in [0.15, 0.2) is 22.6 Å². The van der Waals surface area contributed by atoms with Crippen LogP contribution in [0.1, 0.15) is 16.8 Å². The van der Waals surface area contributed by atoms with E-state index in [1.54, 1.807) is 12.1 Å². The molecule has 0 atom stereocenters. The molecule has 2 aromatic rings. The lowest BCUT2D eigenvalue weighted by molar-refractivity contribution is 1.22. The molecular weight excluding hydrogens is 303 g/mol. The van der Waals surface area contributed by atoms with Crippen molar-refractivity contribution in [3.63, 3.8) is 0 Å². The van der Waals surface area contributed by atoms with Gasteiger partial charge in [0.1, 0.15) is 0 Å². The van der Waals surface area contributed by atoms with Gasteiger partial charge in [-0.3, -0.25) is 5.43 Å². The standard InChI is InChI=1S/C12H8Cl2N4S/c1-7-6-19-12(17-7)18-16-5-9-10(13)2-8(4-15)3-11(9)14/h2-3,5-6H,1H3,(H,17,18). The number of nitriles is 1. The van der Waals surface area contributed by atoms with E-state index in [9.17, 15) is 0 Å². The largest absolute Gasteiger partial charge is 0.253 e. The average molecular weight is 311 g/mol. The molecule has 0 amide bonds. The Balaban J connectivity index is 2.17. The molecule has 0 spiro atoms. The van der Waals surface area contributed by atoms with Crippen molar-refractivity contribution >= 4 is 45.9 Å². The molecule has 1 aromatic carbocycles. The van der Waals surface area contributed by atoms with Crippen molar-refractivity contribution in [1.82, 2.24) is 4.98 Å². The molecule has 0 fully saturated rings. The van der Waals surface area contributed by atoms with Crippen molar-refractivity contribution < 1.29 is 0 Å². The smallest absolute Gasteiger partial charge is 0.203 e. The first-order valence-electron chi connectivity index (χ1n) is 5.20. The minimum Gasteiger partial charge on any atom is -0.253 e. The average Bonchev–Trinajstić information content (AvgIpc) is 2.78. The van der Waals surface area contributed by atoms with Gasteiger partial charge >= 0.3 is 0 Å². The molecule has 0 saturated carbocycles. The third-order valence-corrected chi connectivity index (χ3v) is 3.67. The van der Waals surface area contributed by atoms with E-state index in [-0.39, 0.29) is 0 Å². The molecule has 1 N–H and O–H groups in total. The second-order valence-corrected chi connectivity index (χ2v) is 5.30. The number of anilines is 1. The lowest BCUT2D eigenvalue weighted by Crippen LogP contribution is -1.92. The zero-order chi connectivity index (χ0) is 13.8. The predicted molar refractivity (Wildman–Crippen MR) is 79.2 cm³/mol. The number of aryl methyl sites for hydroxylation is 1. The summed E-state index contributed by atoms with van der Waals surface area (Å²) in [4.78, 5) is 4.20. The Morgan fingerprint density at radius 3 is 2.63 bits per heavy atom. The molecule has 0 radical (unpaired) electrons. The van der Waals surface area contributed by atoms with E-state index in [1.807, 2.05) is 18.4 Å². The first kappa shape index (κ1) is 13.8. The Labute approximate surface area is 124 Å². The second kappa shape index (κ2) is 6.02. The molecule has 0 bridgehead atoms. The molecule has 4 nitrogen and oxygen atoms in total. The molecule has 0 unspecified atom stereocenters. The van der Waals surface area contributed by atoms with E-state index < -0.39 is 0 Å². The predicted octanol–water partition coefficient (Wildman–Crippen LogP) is 4.08. The first-order chi connectivity index (χ1) is 9.10. The summed E-state index contributed by atoms with van der Waals surface area (Å²) in [5, 5.41) is 16.2. The zero-order valence-corrected chi connectivity index (χ0v) is 12.1. The van der Waals surface area contributed by atoms with Crippen molar-refractivity contribution in [3.8, 4) is 6.07 Å². The third-order valence-electron chi connectivity index (χ3n) is 2.18. The fraction of sp³-hybridized carbons (Fsp3) is 0.0833. The summed E-state index contributed by atoms with van der Waals surface area (Å²) in [6.45, 7) is 1.90. The Morgan fingerprint density at radius 1 is 1.42 bits per heavy atom. The van der Waals surface area contributed by atoms with E-state index in [2.05, 4.69) is 15.5 Å². The van der Waals surface area contributed by atoms with Crippen LogP contribution in [0.2, 0.25) is 10.0 Å². The summed E-state index contributed by atoms with van der Waals surface area (Å²) in [6.07, 6.45) is 1.50. The second-order valence-electron chi connectivity index (χ2n) is 3.63. The SMILES string of the molecule is Cc1csc(NN=Cc2c(Cl)cc(C#N)cc2Cl)n1. The summed E-state index contributed by atoms with van der Waals surface area (Å²) >= 11 is 13.5. The Kier molecular flexibility index (Phi) is 4.38. The molecule has 1 aromatic heterocycles. The van der Waals surface area contributed by atoms with Crippen LogP contribution in [0, 0.1) is 18.3 Å². The molecule has 0 saturated heterocycles. The molecule has 0 aliphatic rings. The van der Waals surface area contributed by atoms with Gasteiger partial charge in [0, 0.05) is 10.9 Å². The number of hydrogen-bond acceptors (Lipinski definition) is 5. The number of benzene rings is 1. The summed E-state index contributed by atoms with van der Waals surface area (Å²) < 4.78 is 0. The van der Waals surface area contributed by atoms with E-state index in [4.69, 9.17) is 28.5 Å². The van der Waals surface area contributed by atoms with Crippen LogP contribution < -0.4 is 5.43 Å². The van der Waals surface area contributed by atoms with Gasteiger partial charge in [-0.05, 0) is 19.1 Å². The van der Waals surface area contributed by atoms with Crippen LogP contribution in [-0.4, -0.2) is 11.2 Å². The van der Waals surface area contributed by atoms with Gasteiger partial charge in [-0.15, -0.1) is 11.3 Å². The molecule has 19 heavy (non-hydrogen) atoms. The van der Waals surface area contributed by atoms with Gasteiger partial charge in [-0.1, -0.05) is 23.2 Å². The highest BCUT2D eigenvalue weighted by Crippen LogP contribution is 2.25. The van der Waals surface area contributed by atoms with Crippen LogP contribution in [-0.2, 0) is 0 Å². The maximum atomic E-state index is 8.78. The normalized spacial score (nSPS) is 10.6. The van der Waals surface area contributed by atoms with Gasteiger partial charge in [0.05, 0.1) is 33.6 Å².